The molecular weight excluding hydrogens is 120 g/mol. The van der Waals surface area contributed by atoms with Crippen molar-refractivity contribution in [2.24, 2.45) is 23.7 Å². The van der Waals surface area contributed by atoms with E-state index in [1.165, 1.54) is 19.3 Å². The molecule has 0 nitrogen and oxygen atoms in total. The number of allylic oxidation sites excluding steroid dienone is 1. The maximum absolute atomic E-state index is 3.89. The molecule has 0 amide bonds. The van der Waals surface area contributed by atoms with Gasteiger partial charge in [-0.05, 0) is 42.9 Å². The van der Waals surface area contributed by atoms with Crippen molar-refractivity contribution in [1.29, 1.82) is 0 Å². The van der Waals surface area contributed by atoms with Crippen molar-refractivity contribution in [2.75, 3.05) is 0 Å². The van der Waals surface area contributed by atoms with Crippen LogP contribution in [0.25, 0.3) is 0 Å². The molecule has 0 bridgehead atoms. The third-order valence-electron chi connectivity index (χ3n) is 3.61. The minimum atomic E-state index is 0.876. The Hall–Kier alpha value is -0.260. The van der Waals surface area contributed by atoms with Crippen molar-refractivity contribution in [3.05, 3.63) is 12.7 Å². The number of fused-ring (bicyclic) bond motifs is 1. The molecule has 0 aromatic carbocycles. The van der Waals surface area contributed by atoms with E-state index < -0.39 is 0 Å². The van der Waals surface area contributed by atoms with E-state index in [1.54, 1.807) is 0 Å². The van der Waals surface area contributed by atoms with Crippen molar-refractivity contribution in [3.8, 4) is 0 Å². The van der Waals surface area contributed by atoms with E-state index in [0.717, 1.165) is 23.7 Å². The predicted molar refractivity (Wildman–Crippen MR) is 43.7 cm³/mol. The van der Waals surface area contributed by atoms with Crippen LogP contribution < -0.4 is 0 Å². The molecule has 0 spiro atoms. The van der Waals surface area contributed by atoms with E-state index in [4.69, 9.17) is 0 Å². The lowest BCUT2D eigenvalue weighted by atomic mass is 9.65. The average molecular weight is 136 g/mol. The molecule has 10 heavy (non-hydrogen) atoms. The first-order valence-corrected chi connectivity index (χ1v) is 4.45. The van der Waals surface area contributed by atoms with Gasteiger partial charge in [0.15, 0.2) is 0 Å². The second kappa shape index (κ2) is 2.11. The highest BCUT2D eigenvalue weighted by molar-refractivity contribution is 5.01. The highest BCUT2D eigenvalue weighted by atomic mass is 14.5. The van der Waals surface area contributed by atoms with Gasteiger partial charge in [0.25, 0.3) is 0 Å². The Morgan fingerprint density at radius 3 is 2.60 bits per heavy atom. The molecule has 56 valence electrons. The Kier molecular flexibility index (Phi) is 1.36. The number of hydrogen-bond donors (Lipinski definition) is 0. The molecule has 4 atom stereocenters. The number of hydrogen-bond acceptors (Lipinski definition) is 0. The molecular formula is C10H16. The van der Waals surface area contributed by atoms with E-state index in [-0.39, 0.29) is 0 Å². The van der Waals surface area contributed by atoms with Crippen LogP contribution in [0.4, 0.5) is 0 Å². The minimum absolute atomic E-state index is 0.876. The smallest absolute Gasteiger partial charge is 0.0205 e. The third kappa shape index (κ3) is 0.680. The zero-order chi connectivity index (χ0) is 7.14. The van der Waals surface area contributed by atoms with Gasteiger partial charge in [-0.2, -0.15) is 0 Å². The Morgan fingerprint density at radius 1 is 1.30 bits per heavy atom. The zero-order valence-electron chi connectivity index (χ0n) is 6.72. The first kappa shape index (κ1) is 6.45. The molecule has 2 aliphatic rings. The summed E-state index contributed by atoms with van der Waals surface area (Å²) >= 11 is 0. The van der Waals surface area contributed by atoms with Gasteiger partial charge in [-0.3, -0.25) is 0 Å². The normalized spacial score (nSPS) is 51.7. The molecule has 2 fully saturated rings. The third-order valence-corrected chi connectivity index (χ3v) is 3.61. The van der Waals surface area contributed by atoms with Crippen molar-refractivity contribution in [3.63, 3.8) is 0 Å². The summed E-state index contributed by atoms with van der Waals surface area (Å²) in [6.07, 6.45) is 6.55. The average Bonchev–Trinajstić information content (AvgIpc) is 2.25. The van der Waals surface area contributed by atoms with Crippen molar-refractivity contribution < 1.29 is 0 Å². The lowest BCUT2D eigenvalue weighted by molar-refractivity contribution is 0.101. The van der Waals surface area contributed by atoms with Crippen molar-refractivity contribution in [2.45, 2.75) is 26.2 Å². The van der Waals surface area contributed by atoms with Crippen LogP contribution in [0, 0.1) is 23.7 Å². The van der Waals surface area contributed by atoms with Gasteiger partial charge in [0, 0.05) is 0 Å². The predicted octanol–water partition coefficient (Wildman–Crippen LogP) is 2.85. The van der Waals surface area contributed by atoms with Crippen LogP contribution in [0.3, 0.4) is 0 Å². The topological polar surface area (TPSA) is 0 Å². The molecule has 0 radical (unpaired) electrons. The number of rotatable bonds is 1. The van der Waals surface area contributed by atoms with Crippen molar-refractivity contribution in [1.82, 2.24) is 0 Å². The lowest BCUT2D eigenvalue weighted by Gasteiger charge is -2.40. The van der Waals surface area contributed by atoms with Crippen LogP contribution in [-0.4, -0.2) is 0 Å². The van der Waals surface area contributed by atoms with Gasteiger partial charge in [-0.15, -0.1) is 6.58 Å². The molecule has 0 aromatic rings. The Bertz CT molecular complexity index is 148. The highest BCUT2D eigenvalue weighted by Crippen LogP contribution is 2.54. The fourth-order valence-corrected chi connectivity index (χ4v) is 2.89. The monoisotopic (exact) mass is 136 g/mol. The molecule has 0 aliphatic heterocycles. The summed E-state index contributed by atoms with van der Waals surface area (Å²) in [6.45, 7) is 6.28. The second-order valence-corrected chi connectivity index (χ2v) is 4.02. The minimum Gasteiger partial charge on any atom is -0.103 e. The first-order valence-electron chi connectivity index (χ1n) is 4.45. The largest absolute Gasteiger partial charge is 0.103 e. The van der Waals surface area contributed by atoms with Crippen LogP contribution in [-0.2, 0) is 0 Å². The maximum Gasteiger partial charge on any atom is -0.0205 e. The van der Waals surface area contributed by atoms with Crippen LogP contribution in [0.15, 0.2) is 12.7 Å². The molecule has 2 saturated carbocycles. The molecule has 2 aliphatic carbocycles. The molecule has 2 rings (SSSR count). The van der Waals surface area contributed by atoms with E-state index in [2.05, 4.69) is 19.6 Å². The van der Waals surface area contributed by atoms with E-state index >= 15 is 0 Å². The van der Waals surface area contributed by atoms with Crippen LogP contribution in [0.2, 0.25) is 0 Å². The highest BCUT2D eigenvalue weighted by Gasteiger charge is 2.45. The zero-order valence-corrected chi connectivity index (χ0v) is 6.72. The Balaban J connectivity index is 2.03. The first-order chi connectivity index (χ1) is 4.83. The molecule has 0 heteroatoms. The summed E-state index contributed by atoms with van der Waals surface area (Å²) in [4.78, 5) is 0. The van der Waals surface area contributed by atoms with Gasteiger partial charge in [0.05, 0.1) is 0 Å². The maximum atomic E-state index is 3.89. The van der Waals surface area contributed by atoms with Gasteiger partial charge >= 0.3 is 0 Å². The van der Waals surface area contributed by atoms with Crippen LogP contribution in [0.5, 0.6) is 0 Å². The van der Waals surface area contributed by atoms with Gasteiger partial charge in [0.2, 0.25) is 0 Å². The van der Waals surface area contributed by atoms with Gasteiger partial charge < -0.3 is 0 Å². The van der Waals surface area contributed by atoms with E-state index in [1.807, 2.05) is 0 Å². The van der Waals surface area contributed by atoms with Crippen LogP contribution in [0.1, 0.15) is 26.2 Å². The van der Waals surface area contributed by atoms with Gasteiger partial charge in [-0.1, -0.05) is 13.0 Å². The molecule has 0 aromatic heterocycles. The lowest BCUT2D eigenvalue weighted by Crippen LogP contribution is -2.32. The van der Waals surface area contributed by atoms with Crippen molar-refractivity contribution >= 4 is 0 Å². The molecule has 4 unspecified atom stereocenters. The van der Waals surface area contributed by atoms with Gasteiger partial charge in [0.1, 0.15) is 0 Å². The Labute approximate surface area is 63.3 Å². The van der Waals surface area contributed by atoms with Gasteiger partial charge in [-0.25, -0.2) is 0 Å². The van der Waals surface area contributed by atoms with E-state index in [9.17, 15) is 0 Å². The van der Waals surface area contributed by atoms with Crippen LogP contribution >= 0.6 is 0 Å². The Morgan fingerprint density at radius 2 is 2.10 bits per heavy atom. The SMILES string of the molecule is C=CC1CCC2C(C)CC12. The summed E-state index contributed by atoms with van der Waals surface area (Å²) in [5, 5.41) is 0. The molecule has 0 saturated heterocycles. The summed E-state index contributed by atoms with van der Waals surface area (Å²) in [5.74, 6) is 4.01. The second-order valence-electron chi connectivity index (χ2n) is 4.02. The summed E-state index contributed by atoms with van der Waals surface area (Å²) < 4.78 is 0. The summed E-state index contributed by atoms with van der Waals surface area (Å²) in [6, 6.07) is 0. The van der Waals surface area contributed by atoms with E-state index in [0.29, 0.717) is 0 Å². The molecule has 0 N–H and O–H groups in total. The fraction of sp³-hybridized carbons (Fsp3) is 0.800. The summed E-state index contributed by atoms with van der Waals surface area (Å²) in [5.41, 5.74) is 0. The quantitative estimate of drug-likeness (QED) is 0.486. The summed E-state index contributed by atoms with van der Waals surface area (Å²) in [7, 11) is 0. The standard InChI is InChI=1S/C10H16/c1-3-8-4-5-9-7(2)6-10(8)9/h3,7-10H,1,4-6H2,2H3. The molecule has 0 heterocycles. The fourth-order valence-electron chi connectivity index (χ4n) is 2.89.